The Kier molecular flexibility index (Phi) is 2.60. The third kappa shape index (κ3) is 1.64. The fourth-order valence-corrected chi connectivity index (χ4v) is 1.70. The molecule has 0 atom stereocenters. The van der Waals surface area contributed by atoms with E-state index in [4.69, 9.17) is 5.73 Å². The van der Waals surface area contributed by atoms with E-state index in [2.05, 4.69) is 15.5 Å². The van der Waals surface area contributed by atoms with Gasteiger partial charge in [0.25, 0.3) is 0 Å². The molecule has 5 nitrogen and oxygen atoms in total. The van der Waals surface area contributed by atoms with Crippen molar-refractivity contribution < 1.29 is 0 Å². The van der Waals surface area contributed by atoms with Gasteiger partial charge in [-0.2, -0.15) is 0 Å². The van der Waals surface area contributed by atoms with Crippen LogP contribution in [0.3, 0.4) is 0 Å². The molecule has 0 spiro atoms. The minimum atomic E-state index is 0.212. The van der Waals surface area contributed by atoms with Gasteiger partial charge in [0.1, 0.15) is 0 Å². The van der Waals surface area contributed by atoms with Crippen molar-refractivity contribution >= 4 is 5.69 Å². The minimum absolute atomic E-state index is 0.212. The smallest absolute Gasteiger partial charge is 0.184 e. The van der Waals surface area contributed by atoms with Crippen molar-refractivity contribution in [2.45, 2.75) is 26.8 Å². The molecule has 0 fully saturated rings. The Labute approximate surface area is 94.3 Å². The minimum Gasteiger partial charge on any atom is -0.398 e. The highest BCUT2D eigenvalue weighted by molar-refractivity contribution is 5.74. The molecule has 2 aromatic rings. The molecule has 0 unspecified atom stereocenters. The van der Waals surface area contributed by atoms with Crippen molar-refractivity contribution in [3.8, 4) is 11.4 Å². The van der Waals surface area contributed by atoms with Crippen LogP contribution in [0.5, 0.6) is 0 Å². The Bertz CT molecular complexity index is 481. The molecule has 0 bridgehead atoms. The first kappa shape index (κ1) is 10.6. The molecule has 5 heteroatoms. The standard InChI is InChI=1S/C11H15N5/c1-7(2)16-11(13-14-15-16)10-8(3)5-4-6-9(10)12/h4-7H,12H2,1-3H3. The molecule has 84 valence electrons. The molecule has 0 radical (unpaired) electrons. The van der Waals surface area contributed by atoms with Gasteiger partial charge in [0.15, 0.2) is 5.82 Å². The van der Waals surface area contributed by atoms with Crippen LogP contribution < -0.4 is 5.73 Å². The number of benzene rings is 1. The van der Waals surface area contributed by atoms with E-state index >= 15 is 0 Å². The summed E-state index contributed by atoms with van der Waals surface area (Å²) in [6.45, 7) is 6.08. The van der Waals surface area contributed by atoms with Crippen LogP contribution in [-0.2, 0) is 0 Å². The van der Waals surface area contributed by atoms with Crippen molar-refractivity contribution in [2.75, 3.05) is 5.73 Å². The molecule has 0 saturated heterocycles. The van der Waals surface area contributed by atoms with Crippen LogP contribution in [0.1, 0.15) is 25.5 Å². The fourth-order valence-electron chi connectivity index (χ4n) is 1.70. The summed E-state index contributed by atoms with van der Waals surface area (Å²) in [6.07, 6.45) is 0. The third-order valence-corrected chi connectivity index (χ3v) is 2.51. The van der Waals surface area contributed by atoms with E-state index in [9.17, 15) is 0 Å². The van der Waals surface area contributed by atoms with Crippen molar-refractivity contribution in [1.29, 1.82) is 0 Å². The summed E-state index contributed by atoms with van der Waals surface area (Å²) in [4.78, 5) is 0. The lowest BCUT2D eigenvalue weighted by atomic mass is 10.1. The maximum absolute atomic E-state index is 5.97. The van der Waals surface area contributed by atoms with Crippen LogP contribution >= 0.6 is 0 Å². The lowest BCUT2D eigenvalue weighted by molar-refractivity contribution is 0.519. The quantitative estimate of drug-likeness (QED) is 0.779. The first-order valence-electron chi connectivity index (χ1n) is 5.24. The molecule has 1 heterocycles. The monoisotopic (exact) mass is 217 g/mol. The zero-order valence-electron chi connectivity index (χ0n) is 9.68. The lowest BCUT2D eigenvalue weighted by Gasteiger charge is -2.11. The molecular weight excluding hydrogens is 202 g/mol. The first-order chi connectivity index (χ1) is 7.61. The Balaban J connectivity index is 2.63. The van der Waals surface area contributed by atoms with E-state index < -0.39 is 0 Å². The second-order valence-corrected chi connectivity index (χ2v) is 4.08. The predicted molar refractivity (Wildman–Crippen MR) is 62.8 cm³/mol. The largest absolute Gasteiger partial charge is 0.398 e. The van der Waals surface area contributed by atoms with Crippen molar-refractivity contribution in [2.24, 2.45) is 0 Å². The zero-order chi connectivity index (χ0) is 11.7. The number of nitrogens with two attached hydrogens (primary N) is 1. The van der Waals surface area contributed by atoms with Gasteiger partial charge < -0.3 is 5.73 Å². The Morgan fingerprint density at radius 3 is 2.69 bits per heavy atom. The maximum Gasteiger partial charge on any atom is 0.184 e. The molecule has 1 aromatic heterocycles. The van der Waals surface area contributed by atoms with Crippen LogP contribution in [0.4, 0.5) is 5.69 Å². The average molecular weight is 217 g/mol. The Morgan fingerprint density at radius 1 is 1.31 bits per heavy atom. The fraction of sp³-hybridized carbons (Fsp3) is 0.364. The third-order valence-electron chi connectivity index (χ3n) is 2.51. The molecular formula is C11H15N5. The summed E-state index contributed by atoms with van der Waals surface area (Å²) in [5, 5.41) is 11.7. The number of nitrogen functional groups attached to an aromatic ring is 1. The van der Waals surface area contributed by atoms with Gasteiger partial charge in [0.2, 0.25) is 0 Å². The molecule has 16 heavy (non-hydrogen) atoms. The Hall–Kier alpha value is -1.91. The molecule has 2 rings (SSSR count). The molecule has 0 aliphatic heterocycles. The van der Waals surface area contributed by atoms with Crippen LogP contribution in [0.2, 0.25) is 0 Å². The molecule has 0 aliphatic rings. The van der Waals surface area contributed by atoms with Crippen molar-refractivity contribution in [1.82, 2.24) is 20.2 Å². The number of aromatic nitrogens is 4. The number of hydrogen-bond donors (Lipinski definition) is 1. The van der Waals surface area contributed by atoms with E-state index in [1.54, 1.807) is 4.68 Å². The van der Waals surface area contributed by atoms with E-state index in [1.165, 1.54) is 0 Å². The van der Waals surface area contributed by atoms with Crippen molar-refractivity contribution in [3.63, 3.8) is 0 Å². The van der Waals surface area contributed by atoms with Crippen LogP contribution in [0, 0.1) is 6.92 Å². The number of hydrogen-bond acceptors (Lipinski definition) is 4. The normalized spacial score (nSPS) is 11.0. The second-order valence-electron chi connectivity index (χ2n) is 4.08. The van der Waals surface area contributed by atoms with E-state index in [1.807, 2.05) is 39.0 Å². The maximum atomic E-state index is 5.97. The highest BCUT2D eigenvalue weighted by Crippen LogP contribution is 2.28. The molecule has 1 aromatic carbocycles. The first-order valence-corrected chi connectivity index (χ1v) is 5.24. The zero-order valence-corrected chi connectivity index (χ0v) is 9.68. The molecule has 2 N–H and O–H groups in total. The SMILES string of the molecule is Cc1cccc(N)c1-c1nnnn1C(C)C. The highest BCUT2D eigenvalue weighted by Gasteiger charge is 2.15. The summed E-state index contributed by atoms with van der Waals surface area (Å²) in [5.41, 5.74) is 8.68. The number of nitrogens with zero attached hydrogens (tertiary/aromatic N) is 4. The summed E-state index contributed by atoms with van der Waals surface area (Å²) in [6, 6.07) is 6.01. The van der Waals surface area contributed by atoms with Gasteiger partial charge in [0.05, 0.1) is 6.04 Å². The van der Waals surface area contributed by atoms with Gasteiger partial charge in [0, 0.05) is 11.3 Å². The van der Waals surface area contributed by atoms with Crippen LogP contribution in [0.15, 0.2) is 18.2 Å². The number of anilines is 1. The van der Waals surface area contributed by atoms with Gasteiger partial charge in [-0.05, 0) is 42.8 Å². The van der Waals surface area contributed by atoms with E-state index in [0.29, 0.717) is 5.69 Å². The summed E-state index contributed by atoms with van der Waals surface area (Å²) < 4.78 is 1.78. The summed E-state index contributed by atoms with van der Waals surface area (Å²) >= 11 is 0. The van der Waals surface area contributed by atoms with Gasteiger partial charge in [-0.1, -0.05) is 12.1 Å². The topological polar surface area (TPSA) is 69.6 Å². The lowest BCUT2D eigenvalue weighted by Crippen LogP contribution is -2.07. The average Bonchev–Trinajstić information content (AvgIpc) is 2.66. The highest BCUT2D eigenvalue weighted by atomic mass is 15.5. The van der Waals surface area contributed by atoms with E-state index in [-0.39, 0.29) is 6.04 Å². The van der Waals surface area contributed by atoms with Gasteiger partial charge in [-0.3, -0.25) is 0 Å². The summed E-state index contributed by atoms with van der Waals surface area (Å²) in [7, 11) is 0. The number of rotatable bonds is 2. The second kappa shape index (κ2) is 3.92. The molecule has 0 aliphatic carbocycles. The number of tetrazole rings is 1. The van der Waals surface area contributed by atoms with Gasteiger partial charge in [-0.25, -0.2) is 4.68 Å². The van der Waals surface area contributed by atoms with Crippen LogP contribution in [0.25, 0.3) is 11.4 Å². The Morgan fingerprint density at radius 2 is 2.06 bits per heavy atom. The van der Waals surface area contributed by atoms with Crippen molar-refractivity contribution in [3.05, 3.63) is 23.8 Å². The predicted octanol–water partition coefficient (Wildman–Crippen LogP) is 1.81. The number of aryl methyl sites for hydroxylation is 1. The van der Waals surface area contributed by atoms with Crippen LogP contribution in [-0.4, -0.2) is 20.2 Å². The van der Waals surface area contributed by atoms with Gasteiger partial charge in [-0.15, -0.1) is 5.10 Å². The van der Waals surface area contributed by atoms with Gasteiger partial charge >= 0.3 is 0 Å². The summed E-state index contributed by atoms with van der Waals surface area (Å²) in [5.74, 6) is 0.727. The molecule has 0 saturated carbocycles. The van der Waals surface area contributed by atoms with E-state index in [0.717, 1.165) is 17.0 Å². The molecule has 0 amide bonds.